The summed E-state index contributed by atoms with van der Waals surface area (Å²) >= 11 is 1.63. The normalized spacial score (nSPS) is 11.1. The molecule has 0 bridgehead atoms. The van der Waals surface area contributed by atoms with Crippen LogP contribution in [0.15, 0.2) is 51.5 Å². The number of hydrogen-bond acceptors (Lipinski definition) is 3. The van der Waals surface area contributed by atoms with Gasteiger partial charge >= 0.3 is 5.69 Å². The second-order valence-corrected chi connectivity index (χ2v) is 5.48. The maximum Gasteiger partial charge on any atom is 0.331 e. The molecule has 0 radical (unpaired) electrons. The van der Waals surface area contributed by atoms with Crippen LogP contribution in [0.1, 0.15) is 12.5 Å². The molecule has 0 aliphatic rings. The van der Waals surface area contributed by atoms with Crippen LogP contribution in [-0.4, -0.2) is 9.13 Å². The van der Waals surface area contributed by atoms with Gasteiger partial charge in [-0.1, -0.05) is 18.2 Å². The van der Waals surface area contributed by atoms with Gasteiger partial charge in [-0.2, -0.15) is 0 Å². The van der Waals surface area contributed by atoms with Gasteiger partial charge in [-0.25, -0.2) is 4.79 Å². The monoisotopic (exact) mass is 286 g/mol. The number of hydrogen-bond donors (Lipinski definition) is 0. The summed E-state index contributed by atoms with van der Waals surface area (Å²) in [6.07, 6.45) is 1.55. The fourth-order valence-corrected chi connectivity index (χ4v) is 3.22. The van der Waals surface area contributed by atoms with Gasteiger partial charge in [0.2, 0.25) is 0 Å². The largest absolute Gasteiger partial charge is 0.331 e. The van der Waals surface area contributed by atoms with Gasteiger partial charge in [0.15, 0.2) is 0 Å². The third kappa shape index (κ3) is 2.10. The Morgan fingerprint density at radius 1 is 1.15 bits per heavy atom. The zero-order chi connectivity index (χ0) is 14.1. The summed E-state index contributed by atoms with van der Waals surface area (Å²) in [5.41, 5.74) is 0.504. The number of thiophene rings is 1. The summed E-state index contributed by atoms with van der Waals surface area (Å²) in [6.45, 7) is 2.77. The van der Waals surface area contributed by atoms with E-state index in [0.29, 0.717) is 13.1 Å². The predicted molar refractivity (Wildman–Crippen MR) is 81.6 cm³/mol. The van der Waals surface area contributed by atoms with E-state index in [4.69, 9.17) is 0 Å². The lowest BCUT2D eigenvalue weighted by atomic mass is 10.2. The van der Waals surface area contributed by atoms with E-state index >= 15 is 0 Å². The van der Waals surface area contributed by atoms with Crippen molar-refractivity contribution in [1.82, 2.24) is 9.13 Å². The molecule has 102 valence electrons. The lowest BCUT2D eigenvalue weighted by molar-refractivity contribution is 0.601. The van der Waals surface area contributed by atoms with E-state index < -0.39 is 0 Å². The summed E-state index contributed by atoms with van der Waals surface area (Å²) < 4.78 is 4.00. The highest BCUT2D eigenvalue weighted by molar-refractivity contribution is 7.17. The first kappa shape index (κ1) is 12.9. The summed E-state index contributed by atoms with van der Waals surface area (Å²) in [5, 5.41) is 3.12. The van der Waals surface area contributed by atoms with E-state index in [9.17, 15) is 9.59 Å². The number of aryl methyl sites for hydroxylation is 1. The minimum absolute atomic E-state index is 0.254. The van der Waals surface area contributed by atoms with Crippen molar-refractivity contribution in [2.24, 2.45) is 0 Å². The molecule has 0 saturated carbocycles. The molecule has 5 heteroatoms. The molecule has 0 spiro atoms. The van der Waals surface area contributed by atoms with Gasteiger partial charge in [-0.05, 0) is 29.3 Å². The van der Waals surface area contributed by atoms with Gasteiger partial charge < -0.3 is 4.57 Å². The Bertz CT molecular complexity index is 873. The molecule has 0 fully saturated rings. The molecule has 2 heterocycles. The van der Waals surface area contributed by atoms with Crippen LogP contribution in [0.2, 0.25) is 0 Å². The van der Waals surface area contributed by atoms with Crippen molar-refractivity contribution >= 4 is 21.4 Å². The highest BCUT2D eigenvalue weighted by Crippen LogP contribution is 2.25. The van der Waals surface area contributed by atoms with Gasteiger partial charge in [0.05, 0.1) is 6.54 Å². The first-order valence-electron chi connectivity index (χ1n) is 6.46. The Balaban J connectivity index is 2.12. The number of fused-ring (bicyclic) bond motifs is 1. The summed E-state index contributed by atoms with van der Waals surface area (Å²) in [5.74, 6) is 0. The third-order valence-corrected chi connectivity index (χ3v) is 4.38. The van der Waals surface area contributed by atoms with Gasteiger partial charge in [-0.15, -0.1) is 11.3 Å². The standard InChI is InChI=1S/C15H14N2O2S/c1-2-16-8-7-14(18)17(15(16)19)9-11-10-20-13-6-4-3-5-12(11)13/h3-8,10H,2,9H2,1H3. The first-order valence-corrected chi connectivity index (χ1v) is 7.34. The van der Waals surface area contributed by atoms with Crippen LogP contribution >= 0.6 is 11.3 Å². The molecule has 0 aliphatic heterocycles. The van der Waals surface area contributed by atoms with Crippen LogP contribution in [0.5, 0.6) is 0 Å². The molecular formula is C15H14N2O2S. The summed E-state index contributed by atoms with van der Waals surface area (Å²) in [7, 11) is 0. The van der Waals surface area contributed by atoms with E-state index in [1.807, 2.05) is 36.6 Å². The second-order valence-electron chi connectivity index (χ2n) is 4.57. The fourth-order valence-electron chi connectivity index (χ4n) is 2.27. The van der Waals surface area contributed by atoms with Crippen molar-refractivity contribution in [3.05, 3.63) is 68.3 Å². The quantitative estimate of drug-likeness (QED) is 0.741. The Morgan fingerprint density at radius 3 is 2.75 bits per heavy atom. The lowest BCUT2D eigenvalue weighted by Gasteiger charge is -2.07. The van der Waals surface area contributed by atoms with Crippen LogP contribution in [0.25, 0.3) is 10.1 Å². The van der Waals surface area contributed by atoms with E-state index in [1.165, 1.54) is 19.9 Å². The van der Waals surface area contributed by atoms with Crippen molar-refractivity contribution < 1.29 is 0 Å². The minimum Gasteiger partial charge on any atom is -0.301 e. The molecule has 20 heavy (non-hydrogen) atoms. The van der Waals surface area contributed by atoms with Crippen molar-refractivity contribution in [3.8, 4) is 0 Å². The highest BCUT2D eigenvalue weighted by atomic mass is 32.1. The van der Waals surface area contributed by atoms with Crippen LogP contribution in [0.4, 0.5) is 0 Å². The Hall–Kier alpha value is -2.14. The maximum atomic E-state index is 12.2. The van der Waals surface area contributed by atoms with Crippen LogP contribution in [-0.2, 0) is 13.1 Å². The Morgan fingerprint density at radius 2 is 1.95 bits per heavy atom. The fraction of sp³-hybridized carbons (Fsp3) is 0.200. The van der Waals surface area contributed by atoms with E-state index in [-0.39, 0.29) is 11.2 Å². The molecule has 0 saturated heterocycles. The van der Waals surface area contributed by atoms with Crippen LogP contribution in [0.3, 0.4) is 0 Å². The Kier molecular flexibility index (Phi) is 3.28. The van der Waals surface area contributed by atoms with Gasteiger partial charge in [0.25, 0.3) is 5.56 Å². The molecule has 0 N–H and O–H groups in total. The van der Waals surface area contributed by atoms with Gasteiger partial charge in [-0.3, -0.25) is 9.36 Å². The SMILES string of the molecule is CCn1ccc(=O)n(Cc2csc3ccccc23)c1=O. The molecule has 3 aromatic rings. The molecule has 4 nitrogen and oxygen atoms in total. The molecule has 2 aromatic heterocycles. The smallest absolute Gasteiger partial charge is 0.301 e. The molecule has 0 unspecified atom stereocenters. The zero-order valence-corrected chi connectivity index (χ0v) is 11.9. The number of rotatable bonds is 3. The van der Waals surface area contributed by atoms with Crippen LogP contribution in [0, 0.1) is 0 Å². The minimum atomic E-state index is -0.255. The maximum absolute atomic E-state index is 12.2. The molecular weight excluding hydrogens is 272 g/mol. The van der Waals surface area contributed by atoms with E-state index in [0.717, 1.165) is 10.9 Å². The molecule has 1 aromatic carbocycles. The molecule has 3 rings (SSSR count). The zero-order valence-electron chi connectivity index (χ0n) is 11.1. The van der Waals surface area contributed by atoms with Crippen LogP contribution < -0.4 is 11.2 Å². The molecule has 0 aliphatic carbocycles. The molecule has 0 amide bonds. The first-order chi connectivity index (χ1) is 9.70. The highest BCUT2D eigenvalue weighted by Gasteiger charge is 2.08. The number of nitrogens with zero attached hydrogens (tertiary/aromatic N) is 2. The van der Waals surface area contributed by atoms with Gasteiger partial charge in [0.1, 0.15) is 0 Å². The van der Waals surface area contributed by atoms with E-state index in [1.54, 1.807) is 17.5 Å². The van der Waals surface area contributed by atoms with Crippen molar-refractivity contribution in [2.75, 3.05) is 0 Å². The number of aromatic nitrogens is 2. The van der Waals surface area contributed by atoms with Crippen molar-refractivity contribution in [2.45, 2.75) is 20.0 Å². The summed E-state index contributed by atoms with van der Waals surface area (Å²) in [4.78, 5) is 24.1. The van der Waals surface area contributed by atoms with Crippen molar-refractivity contribution in [3.63, 3.8) is 0 Å². The van der Waals surface area contributed by atoms with Gasteiger partial charge in [0, 0.05) is 23.5 Å². The topological polar surface area (TPSA) is 44.0 Å². The number of benzene rings is 1. The summed E-state index contributed by atoms with van der Waals surface area (Å²) in [6, 6.07) is 9.46. The van der Waals surface area contributed by atoms with E-state index in [2.05, 4.69) is 0 Å². The average molecular weight is 286 g/mol. The Labute approximate surface area is 119 Å². The lowest BCUT2D eigenvalue weighted by Crippen LogP contribution is -2.38. The average Bonchev–Trinajstić information content (AvgIpc) is 2.87. The predicted octanol–water partition coefficient (Wildman–Crippen LogP) is 2.29. The third-order valence-electron chi connectivity index (χ3n) is 3.37. The molecule has 0 atom stereocenters. The van der Waals surface area contributed by atoms with Crippen molar-refractivity contribution in [1.29, 1.82) is 0 Å². The second kappa shape index (κ2) is 5.09.